The van der Waals surface area contributed by atoms with E-state index in [0.29, 0.717) is 19.3 Å². The summed E-state index contributed by atoms with van der Waals surface area (Å²) in [5.41, 5.74) is 0. The highest BCUT2D eigenvalue weighted by atomic mass is 16.6. The number of allylic oxidation sites excluding steroid dienone is 14. The van der Waals surface area contributed by atoms with Crippen molar-refractivity contribution in [3.63, 3.8) is 0 Å². The molecule has 6 nitrogen and oxygen atoms in total. The van der Waals surface area contributed by atoms with Gasteiger partial charge in [-0.05, 0) is 109 Å². The molecular weight excluding hydrogens is 985 g/mol. The van der Waals surface area contributed by atoms with Gasteiger partial charge in [0.1, 0.15) is 13.2 Å². The zero-order valence-electron chi connectivity index (χ0n) is 53.1. The molecule has 0 aromatic rings. The van der Waals surface area contributed by atoms with Gasteiger partial charge in [0, 0.05) is 19.3 Å². The topological polar surface area (TPSA) is 78.9 Å². The molecule has 0 N–H and O–H groups in total. The Balaban J connectivity index is 4.23. The van der Waals surface area contributed by atoms with Crippen molar-refractivity contribution < 1.29 is 28.6 Å². The van der Waals surface area contributed by atoms with Crippen LogP contribution in [0.15, 0.2) is 85.1 Å². The molecule has 0 saturated heterocycles. The highest BCUT2D eigenvalue weighted by molar-refractivity contribution is 5.71. The molecule has 0 fully saturated rings. The summed E-state index contributed by atoms with van der Waals surface area (Å²) in [5.74, 6) is -0.953. The predicted octanol–water partition coefficient (Wildman–Crippen LogP) is 23.8. The monoisotopic (exact) mass is 1110 g/mol. The Hall–Kier alpha value is -3.41. The number of hydrogen-bond acceptors (Lipinski definition) is 6. The number of esters is 3. The van der Waals surface area contributed by atoms with Gasteiger partial charge in [-0.2, -0.15) is 0 Å². The molecule has 462 valence electrons. The van der Waals surface area contributed by atoms with Crippen molar-refractivity contribution in [2.75, 3.05) is 13.2 Å². The normalized spacial score (nSPS) is 12.6. The highest BCUT2D eigenvalue weighted by Gasteiger charge is 2.19. The SMILES string of the molecule is CC/C=C\C/C=C\C/C=C\C/C=C\C/C=C\CCCC(=O)OC(COC(=O)CCCCCCC/C=C\CCCCCCC)COC(=O)CCCCCCCCCCCCCCCCCCCCC/C=C\CCCCCCCCCC. The second-order valence-corrected chi connectivity index (χ2v) is 23.1. The van der Waals surface area contributed by atoms with Crippen LogP contribution in [-0.4, -0.2) is 37.2 Å². The van der Waals surface area contributed by atoms with Crippen LogP contribution in [0.4, 0.5) is 0 Å². The zero-order chi connectivity index (χ0) is 57.8. The molecule has 0 rings (SSSR count). The van der Waals surface area contributed by atoms with Gasteiger partial charge in [-0.25, -0.2) is 0 Å². The lowest BCUT2D eigenvalue weighted by Gasteiger charge is -2.18. The molecule has 0 aliphatic carbocycles. The number of carbonyl (C=O) groups is 3. The fraction of sp³-hybridized carbons (Fsp3) is 0.770. The Morgan fingerprint density at radius 2 is 0.500 bits per heavy atom. The van der Waals surface area contributed by atoms with Crippen molar-refractivity contribution in [2.24, 2.45) is 0 Å². The Kier molecular flexibility index (Phi) is 65.2. The number of hydrogen-bond donors (Lipinski definition) is 0. The molecule has 0 spiro atoms. The van der Waals surface area contributed by atoms with Crippen molar-refractivity contribution in [2.45, 2.75) is 354 Å². The van der Waals surface area contributed by atoms with Crippen LogP contribution in [0.2, 0.25) is 0 Å². The molecular formula is C74H130O6. The zero-order valence-corrected chi connectivity index (χ0v) is 53.1. The molecule has 0 saturated carbocycles. The maximum absolute atomic E-state index is 12.9. The fourth-order valence-electron chi connectivity index (χ4n) is 9.94. The number of unbranched alkanes of at least 4 members (excludes halogenated alkanes) is 38. The summed E-state index contributed by atoms with van der Waals surface area (Å²) < 4.78 is 16.9. The van der Waals surface area contributed by atoms with Crippen molar-refractivity contribution in [3.8, 4) is 0 Å². The van der Waals surface area contributed by atoms with Gasteiger partial charge in [0.2, 0.25) is 0 Å². The van der Waals surface area contributed by atoms with Gasteiger partial charge in [-0.1, -0.05) is 305 Å². The molecule has 0 aliphatic rings. The van der Waals surface area contributed by atoms with Crippen molar-refractivity contribution in [1.29, 1.82) is 0 Å². The van der Waals surface area contributed by atoms with Crippen LogP contribution in [0.5, 0.6) is 0 Å². The van der Waals surface area contributed by atoms with E-state index in [1.54, 1.807) is 0 Å². The van der Waals surface area contributed by atoms with Gasteiger partial charge >= 0.3 is 17.9 Å². The molecule has 1 unspecified atom stereocenters. The van der Waals surface area contributed by atoms with E-state index < -0.39 is 6.10 Å². The predicted molar refractivity (Wildman–Crippen MR) is 348 cm³/mol. The van der Waals surface area contributed by atoms with Gasteiger partial charge in [0.25, 0.3) is 0 Å². The van der Waals surface area contributed by atoms with E-state index in [2.05, 4.69) is 106 Å². The second kappa shape index (κ2) is 68.1. The van der Waals surface area contributed by atoms with Crippen molar-refractivity contribution in [3.05, 3.63) is 85.1 Å². The molecule has 1 atom stereocenters. The van der Waals surface area contributed by atoms with Crippen LogP contribution in [0.3, 0.4) is 0 Å². The van der Waals surface area contributed by atoms with E-state index in [-0.39, 0.29) is 37.5 Å². The van der Waals surface area contributed by atoms with Gasteiger partial charge in [-0.15, -0.1) is 0 Å². The molecule has 0 aliphatic heterocycles. The molecule has 6 heteroatoms. The smallest absolute Gasteiger partial charge is 0.306 e. The minimum atomic E-state index is -0.810. The Morgan fingerprint density at radius 1 is 0.263 bits per heavy atom. The first-order valence-corrected chi connectivity index (χ1v) is 34.6. The summed E-state index contributed by atoms with van der Waals surface area (Å²) in [6.07, 6.45) is 90.6. The average Bonchev–Trinajstić information content (AvgIpc) is 3.46. The number of rotatable bonds is 63. The summed E-state index contributed by atoms with van der Waals surface area (Å²) in [4.78, 5) is 38.3. The lowest BCUT2D eigenvalue weighted by Crippen LogP contribution is -2.30. The number of carbonyl (C=O) groups excluding carboxylic acids is 3. The van der Waals surface area contributed by atoms with E-state index in [1.165, 1.54) is 218 Å². The third-order valence-corrected chi connectivity index (χ3v) is 15.1. The third kappa shape index (κ3) is 65.4. The van der Waals surface area contributed by atoms with Crippen LogP contribution in [0.25, 0.3) is 0 Å². The average molecular weight is 1120 g/mol. The van der Waals surface area contributed by atoms with Crippen LogP contribution in [0, 0.1) is 0 Å². The lowest BCUT2D eigenvalue weighted by molar-refractivity contribution is -0.167. The first-order valence-electron chi connectivity index (χ1n) is 34.6. The van der Waals surface area contributed by atoms with Crippen LogP contribution >= 0.6 is 0 Å². The maximum atomic E-state index is 12.9. The standard InChI is InChI=1S/C74H130O6/c1-4-7-10-13-16-19-22-25-28-30-31-32-33-34-35-36-37-38-39-40-41-42-43-45-46-49-52-55-58-61-64-67-73(76)79-70-71(69-78-72(75)66-63-60-57-54-51-48-27-24-21-18-15-12-9-6-3)80-74(77)68-65-62-59-56-53-50-47-44-29-26-23-20-17-14-11-8-5-2/h8,11,17,20,24,26-27,29-31,47,50,56,59,71H,4-7,9-10,12-16,18-19,21-23,25,28,32-46,48-49,51-55,57-58,60-70H2,1-3H3/b11-8-,20-17-,27-24-,29-26-,31-30-,50-47-,59-56-. The molecule has 0 aromatic carbocycles. The van der Waals surface area contributed by atoms with Gasteiger partial charge in [0.15, 0.2) is 6.10 Å². The molecule has 80 heavy (non-hydrogen) atoms. The van der Waals surface area contributed by atoms with Gasteiger partial charge < -0.3 is 14.2 Å². The quantitative estimate of drug-likeness (QED) is 0.0261. The van der Waals surface area contributed by atoms with Crippen molar-refractivity contribution in [1.82, 2.24) is 0 Å². The molecule has 0 aromatic heterocycles. The molecule has 0 amide bonds. The first kappa shape index (κ1) is 76.6. The second-order valence-electron chi connectivity index (χ2n) is 23.1. The Bertz CT molecular complexity index is 1520. The van der Waals surface area contributed by atoms with E-state index in [1.807, 2.05) is 0 Å². The third-order valence-electron chi connectivity index (χ3n) is 15.1. The summed E-state index contributed by atoms with van der Waals surface area (Å²) in [7, 11) is 0. The van der Waals surface area contributed by atoms with Crippen molar-refractivity contribution >= 4 is 17.9 Å². The molecule has 0 heterocycles. The Labute approximate surface area is 496 Å². The largest absolute Gasteiger partial charge is 0.462 e. The van der Waals surface area contributed by atoms with E-state index in [9.17, 15) is 14.4 Å². The number of ether oxygens (including phenoxy) is 3. The first-order chi connectivity index (χ1) is 39.5. The summed E-state index contributed by atoms with van der Waals surface area (Å²) >= 11 is 0. The fourth-order valence-corrected chi connectivity index (χ4v) is 9.94. The van der Waals surface area contributed by atoms with E-state index in [0.717, 1.165) is 83.5 Å². The Morgan fingerprint density at radius 3 is 0.812 bits per heavy atom. The lowest BCUT2D eigenvalue weighted by atomic mass is 10.0. The molecule has 0 radical (unpaired) electrons. The maximum Gasteiger partial charge on any atom is 0.306 e. The molecule has 0 bridgehead atoms. The summed E-state index contributed by atoms with van der Waals surface area (Å²) in [5, 5.41) is 0. The summed E-state index contributed by atoms with van der Waals surface area (Å²) in [6.45, 7) is 6.50. The summed E-state index contributed by atoms with van der Waals surface area (Å²) in [6, 6.07) is 0. The van der Waals surface area contributed by atoms with Gasteiger partial charge in [0.05, 0.1) is 0 Å². The van der Waals surface area contributed by atoms with E-state index >= 15 is 0 Å². The van der Waals surface area contributed by atoms with Crippen LogP contribution in [0.1, 0.15) is 348 Å². The van der Waals surface area contributed by atoms with Crippen LogP contribution < -0.4 is 0 Å². The highest BCUT2D eigenvalue weighted by Crippen LogP contribution is 2.17. The minimum absolute atomic E-state index is 0.0992. The van der Waals surface area contributed by atoms with Gasteiger partial charge in [-0.3, -0.25) is 14.4 Å². The van der Waals surface area contributed by atoms with Crippen LogP contribution in [-0.2, 0) is 28.6 Å². The minimum Gasteiger partial charge on any atom is -0.462 e. The van der Waals surface area contributed by atoms with E-state index in [4.69, 9.17) is 14.2 Å².